The van der Waals surface area contributed by atoms with Crippen molar-refractivity contribution >= 4 is 41.2 Å². The molecular weight excluding hydrogens is 410 g/mol. The highest BCUT2D eigenvalue weighted by Gasteiger charge is 2.34. The average Bonchev–Trinajstić information content (AvgIpc) is 3.40. The van der Waals surface area contributed by atoms with Crippen molar-refractivity contribution in [3.63, 3.8) is 0 Å². The van der Waals surface area contributed by atoms with Crippen LogP contribution >= 0.6 is 11.8 Å². The number of amides is 1. The number of phenols is 1. The fourth-order valence-electron chi connectivity index (χ4n) is 2.84. The Hall–Kier alpha value is -3.84. The second kappa shape index (κ2) is 9.77. The molecular formula is C24H19N3O3S. The van der Waals surface area contributed by atoms with Crippen molar-refractivity contribution in [3.05, 3.63) is 101 Å². The number of carbonyl (C=O) groups is 1. The number of nitrogens with zero attached hydrogens (tertiary/aromatic N) is 3. The van der Waals surface area contributed by atoms with Crippen LogP contribution < -0.4 is 0 Å². The Morgan fingerprint density at radius 2 is 1.81 bits per heavy atom. The first-order valence-corrected chi connectivity index (χ1v) is 10.4. The third-order valence-electron chi connectivity index (χ3n) is 4.36. The second-order valence-electron chi connectivity index (χ2n) is 6.59. The van der Waals surface area contributed by atoms with Crippen LogP contribution in [0.5, 0.6) is 5.75 Å². The number of carbonyl (C=O) groups excluding carboxylic acids is 1. The Bertz CT molecular complexity index is 1150. The van der Waals surface area contributed by atoms with Crippen LogP contribution in [0.2, 0.25) is 0 Å². The molecule has 1 aliphatic rings. The maximum atomic E-state index is 13.0. The molecule has 0 saturated carbocycles. The van der Waals surface area contributed by atoms with E-state index >= 15 is 0 Å². The zero-order valence-electron chi connectivity index (χ0n) is 16.5. The average molecular weight is 430 g/mol. The maximum Gasteiger partial charge on any atom is 0.267 e. The molecule has 1 aliphatic heterocycles. The predicted octanol–water partition coefficient (Wildman–Crippen LogP) is 5.16. The van der Waals surface area contributed by atoms with Crippen LogP contribution in [0.4, 0.5) is 0 Å². The van der Waals surface area contributed by atoms with Gasteiger partial charge in [0.1, 0.15) is 11.5 Å². The summed E-state index contributed by atoms with van der Waals surface area (Å²) in [6, 6.07) is 20.1. The summed E-state index contributed by atoms with van der Waals surface area (Å²) < 4.78 is 5.40. The van der Waals surface area contributed by atoms with E-state index in [0.717, 1.165) is 11.1 Å². The fraction of sp³-hybridized carbons (Fsp3) is 0.0417. The van der Waals surface area contributed by atoms with Crippen LogP contribution in [-0.2, 0) is 11.3 Å². The van der Waals surface area contributed by atoms with Gasteiger partial charge in [-0.3, -0.25) is 9.69 Å². The molecule has 0 aliphatic carbocycles. The molecule has 6 nitrogen and oxygen atoms in total. The van der Waals surface area contributed by atoms with E-state index in [1.807, 2.05) is 42.5 Å². The zero-order chi connectivity index (χ0) is 21.5. The Labute approximate surface area is 183 Å². The van der Waals surface area contributed by atoms with E-state index < -0.39 is 0 Å². The van der Waals surface area contributed by atoms with Gasteiger partial charge in [0, 0.05) is 6.21 Å². The normalized spacial score (nSPS) is 17.0. The Balaban J connectivity index is 1.54. The SMILES string of the molecule is O=C1/C(=C/c2ccc(O)cc2)S\C(=N/N=C/C=C/c2ccccc2)N1Cc1ccco1. The van der Waals surface area contributed by atoms with E-state index in [9.17, 15) is 9.90 Å². The third-order valence-corrected chi connectivity index (χ3v) is 5.35. The van der Waals surface area contributed by atoms with Gasteiger partial charge in [0.25, 0.3) is 5.91 Å². The van der Waals surface area contributed by atoms with Gasteiger partial charge in [-0.2, -0.15) is 5.10 Å². The lowest BCUT2D eigenvalue weighted by Crippen LogP contribution is -2.28. The first-order valence-electron chi connectivity index (χ1n) is 9.54. The van der Waals surface area contributed by atoms with Crippen molar-refractivity contribution in [2.45, 2.75) is 6.54 Å². The fourth-order valence-corrected chi connectivity index (χ4v) is 3.78. The van der Waals surface area contributed by atoms with Gasteiger partial charge in [-0.25, -0.2) is 0 Å². The standard InChI is InChI=1S/C24H19N3O3S/c28-20-12-10-19(11-13-20)16-22-23(29)27(17-21-9-5-15-30-21)24(31-22)26-25-14-4-8-18-6-2-1-3-7-18/h1-16,28H,17H2/b8-4+,22-16-,25-14+,26-24-. The topological polar surface area (TPSA) is 78.4 Å². The number of allylic oxidation sites excluding steroid dienone is 1. The number of hydrogen-bond donors (Lipinski definition) is 1. The number of rotatable bonds is 6. The highest BCUT2D eigenvalue weighted by atomic mass is 32.2. The van der Waals surface area contributed by atoms with Gasteiger partial charge in [-0.15, -0.1) is 5.10 Å². The lowest BCUT2D eigenvalue weighted by molar-refractivity contribution is -0.122. The van der Waals surface area contributed by atoms with Crippen LogP contribution in [0.25, 0.3) is 12.2 Å². The van der Waals surface area contributed by atoms with Crippen LogP contribution in [0.15, 0.2) is 98.6 Å². The Kier molecular flexibility index (Phi) is 6.44. The molecule has 2 aromatic carbocycles. The minimum atomic E-state index is -0.178. The van der Waals surface area contributed by atoms with Crippen molar-refractivity contribution in [1.29, 1.82) is 0 Å². The van der Waals surface area contributed by atoms with Gasteiger partial charge in [-0.1, -0.05) is 48.5 Å². The summed E-state index contributed by atoms with van der Waals surface area (Å²) in [7, 11) is 0. The number of thioether (sulfide) groups is 1. The molecule has 154 valence electrons. The lowest BCUT2D eigenvalue weighted by atomic mass is 10.2. The van der Waals surface area contributed by atoms with E-state index in [-0.39, 0.29) is 18.2 Å². The van der Waals surface area contributed by atoms with E-state index in [4.69, 9.17) is 4.42 Å². The molecule has 7 heteroatoms. The van der Waals surface area contributed by atoms with Crippen LogP contribution in [0, 0.1) is 0 Å². The van der Waals surface area contributed by atoms with Gasteiger partial charge in [0.05, 0.1) is 17.7 Å². The molecule has 0 unspecified atom stereocenters. The summed E-state index contributed by atoms with van der Waals surface area (Å²) in [6.45, 7) is 0.264. The van der Waals surface area contributed by atoms with Crippen LogP contribution in [0.3, 0.4) is 0 Å². The number of hydrogen-bond acceptors (Lipinski definition) is 6. The highest BCUT2D eigenvalue weighted by molar-refractivity contribution is 8.18. The summed E-state index contributed by atoms with van der Waals surface area (Å²) >= 11 is 1.25. The second-order valence-corrected chi connectivity index (χ2v) is 7.60. The molecule has 1 fully saturated rings. The van der Waals surface area contributed by atoms with E-state index in [0.29, 0.717) is 15.8 Å². The van der Waals surface area contributed by atoms with Gasteiger partial charge < -0.3 is 9.52 Å². The predicted molar refractivity (Wildman–Crippen MR) is 124 cm³/mol. The Morgan fingerprint density at radius 1 is 1.00 bits per heavy atom. The smallest absolute Gasteiger partial charge is 0.267 e. The van der Waals surface area contributed by atoms with Crippen molar-refractivity contribution in [1.82, 2.24) is 4.90 Å². The lowest BCUT2D eigenvalue weighted by Gasteiger charge is -2.12. The number of benzene rings is 2. The van der Waals surface area contributed by atoms with Crippen molar-refractivity contribution in [2.75, 3.05) is 0 Å². The van der Waals surface area contributed by atoms with Crippen LogP contribution in [-0.4, -0.2) is 27.3 Å². The molecule has 31 heavy (non-hydrogen) atoms. The van der Waals surface area contributed by atoms with E-state index in [2.05, 4.69) is 10.2 Å². The molecule has 1 saturated heterocycles. The van der Waals surface area contributed by atoms with Gasteiger partial charge >= 0.3 is 0 Å². The largest absolute Gasteiger partial charge is 0.508 e. The molecule has 0 atom stereocenters. The Morgan fingerprint density at radius 3 is 2.55 bits per heavy atom. The molecule has 1 N–H and O–H groups in total. The van der Waals surface area contributed by atoms with Crippen molar-refractivity contribution in [2.24, 2.45) is 10.2 Å². The summed E-state index contributed by atoms with van der Waals surface area (Å²) in [4.78, 5) is 15.0. The maximum absolute atomic E-state index is 13.0. The van der Waals surface area contributed by atoms with E-state index in [1.165, 1.54) is 16.7 Å². The molecule has 3 aromatic rings. The monoisotopic (exact) mass is 429 g/mol. The minimum absolute atomic E-state index is 0.173. The van der Waals surface area contributed by atoms with Crippen molar-refractivity contribution in [3.8, 4) is 5.75 Å². The third kappa shape index (κ3) is 5.40. The number of furan rings is 1. The highest BCUT2D eigenvalue weighted by Crippen LogP contribution is 2.34. The molecule has 0 bridgehead atoms. The number of phenolic OH excluding ortho intramolecular Hbond substituents is 1. The molecule has 1 amide bonds. The first-order chi connectivity index (χ1) is 15.2. The molecule has 4 rings (SSSR count). The summed E-state index contributed by atoms with van der Waals surface area (Å²) in [5.41, 5.74) is 1.87. The van der Waals surface area contributed by atoms with Crippen molar-refractivity contribution < 1.29 is 14.3 Å². The quantitative estimate of drug-likeness (QED) is 0.334. The van der Waals surface area contributed by atoms with Gasteiger partial charge in [0.2, 0.25) is 0 Å². The number of aromatic hydroxyl groups is 1. The van der Waals surface area contributed by atoms with Crippen LogP contribution in [0.1, 0.15) is 16.9 Å². The molecule has 0 spiro atoms. The summed E-state index contributed by atoms with van der Waals surface area (Å²) in [6.07, 6.45) is 8.64. The summed E-state index contributed by atoms with van der Waals surface area (Å²) in [5.74, 6) is 0.649. The molecule has 2 heterocycles. The van der Waals surface area contributed by atoms with Gasteiger partial charge in [0.15, 0.2) is 5.17 Å². The summed E-state index contributed by atoms with van der Waals surface area (Å²) in [5, 5.41) is 18.3. The zero-order valence-corrected chi connectivity index (χ0v) is 17.3. The van der Waals surface area contributed by atoms with E-state index in [1.54, 1.807) is 55.0 Å². The minimum Gasteiger partial charge on any atom is -0.508 e. The van der Waals surface area contributed by atoms with Gasteiger partial charge in [-0.05, 0) is 59.3 Å². The molecule has 0 radical (unpaired) electrons. The number of amidine groups is 1. The first kappa shape index (κ1) is 20.4. The molecule has 1 aromatic heterocycles.